The average molecular weight is 484 g/mol. The lowest BCUT2D eigenvalue weighted by Crippen LogP contribution is -2.28. The van der Waals surface area contributed by atoms with Crippen LogP contribution in [0.2, 0.25) is 0 Å². The molecule has 4 rings (SSSR count). The molecule has 1 aromatic carbocycles. The lowest BCUT2D eigenvalue weighted by molar-refractivity contribution is -0.116. The van der Waals surface area contributed by atoms with E-state index >= 15 is 0 Å². The summed E-state index contributed by atoms with van der Waals surface area (Å²) in [5.74, 6) is -0.0452. The largest absolute Gasteiger partial charge is 0.491 e. The number of hydrogen-bond donors (Lipinski definition) is 1. The fraction of sp³-hybridized carbons (Fsp3) is 0.440. The van der Waals surface area contributed by atoms with Crippen molar-refractivity contribution in [3.05, 3.63) is 51.4 Å². The van der Waals surface area contributed by atoms with Gasteiger partial charge in [0.1, 0.15) is 28.1 Å². The molecule has 3 aromatic rings. The predicted molar refractivity (Wildman–Crippen MR) is 132 cm³/mol. The number of aromatic nitrogens is 2. The summed E-state index contributed by atoms with van der Waals surface area (Å²) in [6, 6.07) is 7.04. The molecule has 2 heterocycles. The first kappa shape index (κ1) is 23.9. The third-order valence-electron chi connectivity index (χ3n) is 5.75. The normalized spacial score (nSPS) is 14.4. The summed E-state index contributed by atoms with van der Waals surface area (Å²) in [7, 11) is 0. The van der Waals surface area contributed by atoms with E-state index in [1.165, 1.54) is 17.3 Å². The standard InChI is InChI=1S/C25H29N3O5S/c1-15(2)32-19-11-9-17(10-12-19)27-20(29)13-28-14-26-23-21(24(28)30)16(3)22(34-23)25(31)33-18-7-5-4-6-8-18/h9-12,14-15,18H,4-8,13H2,1-3H3,(H,27,29). The molecule has 0 atom stereocenters. The van der Waals surface area contributed by atoms with Crippen LogP contribution in [0.3, 0.4) is 0 Å². The highest BCUT2D eigenvalue weighted by Crippen LogP contribution is 2.29. The lowest BCUT2D eigenvalue weighted by atomic mass is 9.98. The minimum Gasteiger partial charge on any atom is -0.491 e. The number of hydrogen-bond acceptors (Lipinski definition) is 7. The molecule has 8 nitrogen and oxygen atoms in total. The molecule has 0 bridgehead atoms. The van der Waals surface area contributed by atoms with Crippen LogP contribution >= 0.6 is 11.3 Å². The highest BCUT2D eigenvalue weighted by atomic mass is 32.1. The van der Waals surface area contributed by atoms with E-state index in [4.69, 9.17) is 9.47 Å². The molecule has 1 aliphatic rings. The Hall–Kier alpha value is -3.20. The number of nitrogens with one attached hydrogen (secondary N) is 1. The molecule has 0 saturated heterocycles. The van der Waals surface area contributed by atoms with Crippen molar-refractivity contribution in [2.45, 2.75) is 71.6 Å². The molecule has 0 spiro atoms. The van der Waals surface area contributed by atoms with Crippen LogP contribution < -0.4 is 15.6 Å². The average Bonchev–Trinajstić information content (AvgIpc) is 3.14. The molecular weight excluding hydrogens is 454 g/mol. The second kappa shape index (κ2) is 10.4. The summed E-state index contributed by atoms with van der Waals surface area (Å²) >= 11 is 1.16. The number of carbonyl (C=O) groups excluding carboxylic acids is 2. The number of esters is 1. The Bertz CT molecular complexity index is 1240. The number of fused-ring (bicyclic) bond motifs is 1. The molecule has 1 aliphatic carbocycles. The van der Waals surface area contributed by atoms with Crippen LogP contribution in [0.4, 0.5) is 5.69 Å². The Kier molecular flexibility index (Phi) is 7.31. The summed E-state index contributed by atoms with van der Waals surface area (Å²) < 4.78 is 12.5. The van der Waals surface area contributed by atoms with Crippen molar-refractivity contribution in [3.8, 4) is 5.75 Å². The first-order valence-corrected chi connectivity index (χ1v) is 12.4. The van der Waals surface area contributed by atoms with E-state index in [0.717, 1.165) is 37.0 Å². The summed E-state index contributed by atoms with van der Waals surface area (Å²) in [5, 5.41) is 3.13. The maximum atomic E-state index is 13.1. The monoisotopic (exact) mass is 483 g/mol. The van der Waals surface area contributed by atoms with Gasteiger partial charge in [0.2, 0.25) is 5.91 Å². The van der Waals surface area contributed by atoms with Gasteiger partial charge in [-0.2, -0.15) is 0 Å². The Morgan fingerprint density at radius 1 is 1.18 bits per heavy atom. The molecule has 0 unspecified atom stereocenters. The number of thiophene rings is 1. The molecule has 1 N–H and O–H groups in total. The fourth-order valence-corrected chi connectivity index (χ4v) is 5.12. The number of aryl methyl sites for hydroxylation is 1. The molecule has 2 aromatic heterocycles. The topological polar surface area (TPSA) is 99.5 Å². The second-order valence-electron chi connectivity index (χ2n) is 8.82. The van der Waals surface area contributed by atoms with E-state index in [1.807, 2.05) is 13.8 Å². The van der Waals surface area contributed by atoms with E-state index in [9.17, 15) is 14.4 Å². The maximum absolute atomic E-state index is 13.1. The predicted octanol–water partition coefficient (Wildman–Crippen LogP) is 4.68. The van der Waals surface area contributed by atoms with Crippen molar-refractivity contribution in [2.75, 3.05) is 5.32 Å². The molecule has 0 aliphatic heterocycles. The van der Waals surface area contributed by atoms with Crippen LogP contribution in [0.25, 0.3) is 10.2 Å². The van der Waals surface area contributed by atoms with Crippen LogP contribution in [0.1, 0.15) is 61.2 Å². The molecule has 1 amide bonds. The third kappa shape index (κ3) is 5.47. The summed E-state index contributed by atoms with van der Waals surface area (Å²) in [4.78, 5) is 43.6. The zero-order valence-electron chi connectivity index (χ0n) is 19.6. The molecule has 0 radical (unpaired) electrons. The quantitative estimate of drug-likeness (QED) is 0.490. The second-order valence-corrected chi connectivity index (χ2v) is 9.82. The molecule has 1 saturated carbocycles. The molecule has 34 heavy (non-hydrogen) atoms. The molecular formula is C25H29N3O5S. The number of anilines is 1. The van der Waals surface area contributed by atoms with Crippen molar-refractivity contribution in [3.63, 3.8) is 0 Å². The van der Waals surface area contributed by atoms with Crippen molar-refractivity contribution in [1.29, 1.82) is 0 Å². The minimum absolute atomic E-state index is 0.0601. The van der Waals surface area contributed by atoms with Gasteiger partial charge in [-0.05, 0) is 76.3 Å². The first-order chi connectivity index (χ1) is 16.3. The van der Waals surface area contributed by atoms with Gasteiger partial charge in [-0.15, -0.1) is 11.3 Å². The summed E-state index contributed by atoms with van der Waals surface area (Å²) in [6.45, 7) is 5.42. The van der Waals surface area contributed by atoms with Crippen molar-refractivity contribution in [1.82, 2.24) is 9.55 Å². The molecule has 9 heteroatoms. The van der Waals surface area contributed by atoms with Gasteiger partial charge in [0, 0.05) is 5.69 Å². The van der Waals surface area contributed by atoms with Gasteiger partial charge in [0.25, 0.3) is 5.56 Å². The van der Waals surface area contributed by atoms with Crippen LogP contribution in [0.5, 0.6) is 5.75 Å². The van der Waals surface area contributed by atoms with Gasteiger partial charge in [0.15, 0.2) is 0 Å². The van der Waals surface area contributed by atoms with Gasteiger partial charge in [-0.1, -0.05) is 6.42 Å². The fourth-order valence-electron chi connectivity index (χ4n) is 4.10. The Labute approximate surface area is 201 Å². The van der Waals surface area contributed by atoms with Gasteiger partial charge in [-0.25, -0.2) is 9.78 Å². The Morgan fingerprint density at radius 2 is 1.88 bits per heavy atom. The number of ether oxygens (including phenoxy) is 2. The third-order valence-corrected chi connectivity index (χ3v) is 6.93. The minimum atomic E-state index is -0.402. The number of rotatable bonds is 7. The van der Waals surface area contributed by atoms with E-state index in [1.54, 1.807) is 31.2 Å². The van der Waals surface area contributed by atoms with Crippen LogP contribution in [-0.4, -0.2) is 33.6 Å². The smallest absolute Gasteiger partial charge is 0.348 e. The van der Waals surface area contributed by atoms with Gasteiger partial charge >= 0.3 is 5.97 Å². The van der Waals surface area contributed by atoms with E-state index in [0.29, 0.717) is 32.1 Å². The first-order valence-electron chi connectivity index (χ1n) is 11.6. The number of benzene rings is 1. The van der Waals surface area contributed by atoms with E-state index < -0.39 is 5.97 Å². The van der Waals surface area contributed by atoms with Crippen LogP contribution in [-0.2, 0) is 16.1 Å². The number of amides is 1. The Balaban J connectivity index is 1.47. The van der Waals surface area contributed by atoms with Crippen molar-refractivity contribution in [2.24, 2.45) is 0 Å². The van der Waals surface area contributed by atoms with Gasteiger partial charge in [-0.3, -0.25) is 14.2 Å². The number of carbonyl (C=O) groups is 2. The van der Waals surface area contributed by atoms with Crippen LogP contribution in [0.15, 0.2) is 35.4 Å². The van der Waals surface area contributed by atoms with Crippen molar-refractivity contribution >= 4 is 39.1 Å². The van der Waals surface area contributed by atoms with Crippen LogP contribution in [0, 0.1) is 6.92 Å². The maximum Gasteiger partial charge on any atom is 0.348 e. The van der Waals surface area contributed by atoms with E-state index in [2.05, 4.69) is 10.3 Å². The number of nitrogens with zero attached hydrogens (tertiary/aromatic N) is 2. The molecule has 180 valence electrons. The van der Waals surface area contributed by atoms with Gasteiger partial charge < -0.3 is 14.8 Å². The zero-order chi connectivity index (χ0) is 24.2. The highest BCUT2D eigenvalue weighted by Gasteiger charge is 2.24. The zero-order valence-corrected chi connectivity index (χ0v) is 20.4. The van der Waals surface area contributed by atoms with Crippen molar-refractivity contribution < 1.29 is 19.1 Å². The summed E-state index contributed by atoms with van der Waals surface area (Å²) in [5.41, 5.74) is 0.794. The highest BCUT2D eigenvalue weighted by molar-refractivity contribution is 7.20. The molecule has 1 fully saturated rings. The summed E-state index contributed by atoms with van der Waals surface area (Å²) in [6.07, 6.45) is 6.39. The van der Waals surface area contributed by atoms with Gasteiger partial charge in [0.05, 0.1) is 17.8 Å². The van der Waals surface area contributed by atoms with E-state index in [-0.39, 0.29) is 30.2 Å². The Morgan fingerprint density at radius 3 is 2.56 bits per heavy atom. The SMILES string of the molecule is Cc1c(C(=O)OC2CCCCC2)sc2ncn(CC(=O)Nc3ccc(OC(C)C)cc3)c(=O)c12. The lowest BCUT2D eigenvalue weighted by Gasteiger charge is -2.21.